The van der Waals surface area contributed by atoms with Crippen LogP contribution in [0.3, 0.4) is 0 Å². The van der Waals surface area contributed by atoms with E-state index in [1.165, 1.54) is 24.3 Å². The summed E-state index contributed by atoms with van der Waals surface area (Å²) in [5, 5.41) is 12.5. The SMILES string of the molecule is NS(=O)(=O)c1ccc(CCNC(=O)c2nn(-c3ccc(F)cc3)c3c2CCC3)cc1. The third-order valence-corrected chi connectivity index (χ3v) is 6.10. The van der Waals surface area contributed by atoms with Gasteiger partial charge < -0.3 is 5.32 Å². The van der Waals surface area contributed by atoms with Gasteiger partial charge in [-0.25, -0.2) is 22.6 Å². The van der Waals surface area contributed by atoms with Gasteiger partial charge in [-0.1, -0.05) is 12.1 Å². The highest BCUT2D eigenvalue weighted by molar-refractivity contribution is 7.89. The first-order chi connectivity index (χ1) is 14.3. The number of primary sulfonamides is 1. The molecule has 30 heavy (non-hydrogen) atoms. The second-order valence-electron chi connectivity index (χ2n) is 7.21. The van der Waals surface area contributed by atoms with Gasteiger partial charge in [-0.3, -0.25) is 4.79 Å². The van der Waals surface area contributed by atoms with Crippen LogP contribution in [0.2, 0.25) is 0 Å². The molecule has 0 spiro atoms. The molecule has 0 unspecified atom stereocenters. The maximum Gasteiger partial charge on any atom is 0.272 e. The predicted octanol–water partition coefficient (Wildman–Crippen LogP) is 2.12. The van der Waals surface area contributed by atoms with Crippen molar-refractivity contribution in [1.82, 2.24) is 15.1 Å². The van der Waals surface area contributed by atoms with Crippen molar-refractivity contribution in [3.05, 3.63) is 76.9 Å². The molecule has 0 aliphatic heterocycles. The molecule has 3 aromatic rings. The van der Waals surface area contributed by atoms with Crippen molar-refractivity contribution >= 4 is 15.9 Å². The van der Waals surface area contributed by atoms with E-state index in [1.807, 2.05) is 0 Å². The Morgan fingerprint density at radius 2 is 1.80 bits per heavy atom. The number of hydrogen-bond acceptors (Lipinski definition) is 4. The summed E-state index contributed by atoms with van der Waals surface area (Å²) in [5.41, 5.74) is 3.93. The van der Waals surface area contributed by atoms with Crippen LogP contribution >= 0.6 is 0 Å². The number of aromatic nitrogens is 2. The third-order valence-electron chi connectivity index (χ3n) is 5.17. The molecule has 0 atom stereocenters. The first-order valence-corrected chi connectivity index (χ1v) is 11.1. The Morgan fingerprint density at radius 3 is 2.47 bits per heavy atom. The van der Waals surface area contributed by atoms with Gasteiger partial charge in [0, 0.05) is 17.8 Å². The van der Waals surface area contributed by atoms with Crippen molar-refractivity contribution in [3.8, 4) is 5.69 Å². The van der Waals surface area contributed by atoms with Gasteiger partial charge in [0.2, 0.25) is 10.0 Å². The van der Waals surface area contributed by atoms with Gasteiger partial charge in [0.25, 0.3) is 5.91 Å². The van der Waals surface area contributed by atoms with E-state index in [0.717, 1.165) is 41.8 Å². The fourth-order valence-electron chi connectivity index (χ4n) is 3.67. The molecule has 7 nitrogen and oxygen atoms in total. The van der Waals surface area contributed by atoms with E-state index >= 15 is 0 Å². The summed E-state index contributed by atoms with van der Waals surface area (Å²) in [6.45, 7) is 0.381. The Balaban J connectivity index is 1.45. The molecule has 0 radical (unpaired) electrons. The summed E-state index contributed by atoms with van der Waals surface area (Å²) in [7, 11) is -3.72. The van der Waals surface area contributed by atoms with E-state index in [1.54, 1.807) is 28.9 Å². The number of benzene rings is 2. The molecule has 0 bridgehead atoms. The Morgan fingerprint density at radius 1 is 1.10 bits per heavy atom. The molecule has 1 aromatic heterocycles. The van der Waals surface area contributed by atoms with Crippen LogP contribution in [0.25, 0.3) is 5.69 Å². The zero-order valence-electron chi connectivity index (χ0n) is 16.1. The van der Waals surface area contributed by atoms with Crippen molar-refractivity contribution in [1.29, 1.82) is 0 Å². The van der Waals surface area contributed by atoms with Crippen molar-refractivity contribution in [2.45, 2.75) is 30.6 Å². The number of halogens is 1. The number of amides is 1. The van der Waals surface area contributed by atoms with Crippen LogP contribution in [0, 0.1) is 5.82 Å². The quantitative estimate of drug-likeness (QED) is 0.627. The maximum atomic E-state index is 13.2. The number of nitrogens with zero attached hydrogens (tertiary/aromatic N) is 2. The summed E-state index contributed by atoms with van der Waals surface area (Å²) in [6, 6.07) is 12.3. The van der Waals surface area contributed by atoms with Crippen molar-refractivity contribution in [2.24, 2.45) is 5.14 Å². The Labute approximate surface area is 173 Å². The minimum atomic E-state index is -3.72. The van der Waals surface area contributed by atoms with Crippen LogP contribution in [-0.4, -0.2) is 30.7 Å². The zero-order chi connectivity index (χ0) is 21.3. The van der Waals surface area contributed by atoms with Crippen LogP contribution in [0.1, 0.15) is 33.7 Å². The number of nitrogens with one attached hydrogen (secondary N) is 1. The molecule has 0 saturated carbocycles. The lowest BCUT2D eigenvalue weighted by Gasteiger charge is -2.06. The highest BCUT2D eigenvalue weighted by Gasteiger charge is 2.26. The average Bonchev–Trinajstić information content (AvgIpc) is 3.31. The molecule has 1 amide bonds. The molecular weight excluding hydrogens is 407 g/mol. The van der Waals surface area contributed by atoms with E-state index in [-0.39, 0.29) is 16.6 Å². The summed E-state index contributed by atoms with van der Waals surface area (Å²) < 4.78 is 37.6. The molecule has 0 saturated heterocycles. The fourth-order valence-corrected chi connectivity index (χ4v) is 4.18. The summed E-state index contributed by atoms with van der Waals surface area (Å²) in [6.07, 6.45) is 3.10. The zero-order valence-corrected chi connectivity index (χ0v) is 17.0. The summed E-state index contributed by atoms with van der Waals surface area (Å²) in [4.78, 5) is 12.8. The fraction of sp³-hybridized carbons (Fsp3) is 0.238. The molecule has 4 rings (SSSR count). The summed E-state index contributed by atoms with van der Waals surface area (Å²) in [5.74, 6) is -0.576. The minimum Gasteiger partial charge on any atom is -0.350 e. The van der Waals surface area contributed by atoms with E-state index in [4.69, 9.17) is 5.14 Å². The molecular formula is C21H21FN4O3S. The number of carbonyl (C=O) groups excluding carboxylic acids is 1. The molecule has 2 aromatic carbocycles. The van der Waals surface area contributed by atoms with Gasteiger partial charge in [-0.15, -0.1) is 0 Å². The standard InChI is InChI=1S/C21H21FN4O3S/c22-15-6-8-16(9-7-15)26-19-3-1-2-18(19)20(25-26)21(27)24-13-12-14-4-10-17(11-5-14)30(23,28)29/h4-11H,1-3,12-13H2,(H,24,27)(H2,23,28,29). The average molecular weight is 428 g/mol. The van der Waals surface area contributed by atoms with Crippen LogP contribution in [-0.2, 0) is 29.3 Å². The van der Waals surface area contributed by atoms with Gasteiger partial charge in [-0.2, -0.15) is 5.10 Å². The molecule has 1 aliphatic rings. The van der Waals surface area contributed by atoms with Gasteiger partial charge in [-0.05, 0) is 67.6 Å². The molecule has 3 N–H and O–H groups in total. The highest BCUT2D eigenvalue weighted by atomic mass is 32.2. The number of hydrogen-bond donors (Lipinski definition) is 2. The van der Waals surface area contributed by atoms with Gasteiger partial charge in [0.05, 0.1) is 10.6 Å². The van der Waals surface area contributed by atoms with Gasteiger partial charge in [0.1, 0.15) is 5.82 Å². The first-order valence-electron chi connectivity index (χ1n) is 9.59. The van der Waals surface area contributed by atoms with Gasteiger partial charge >= 0.3 is 0 Å². The first kappa shape index (κ1) is 20.2. The van der Waals surface area contributed by atoms with E-state index in [2.05, 4.69) is 10.4 Å². The Hall–Kier alpha value is -3.04. The predicted molar refractivity (Wildman–Crippen MR) is 109 cm³/mol. The van der Waals surface area contributed by atoms with Crippen LogP contribution in [0.15, 0.2) is 53.4 Å². The Bertz CT molecular complexity index is 1190. The lowest BCUT2D eigenvalue weighted by Crippen LogP contribution is -2.27. The second kappa shape index (κ2) is 8.00. The largest absolute Gasteiger partial charge is 0.350 e. The number of carbonyl (C=O) groups is 1. The lowest BCUT2D eigenvalue weighted by molar-refractivity contribution is 0.0948. The van der Waals surface area contributed by atoms with E-state index in [9.17, 15) is 17.6 Å². The highest BCUT2D eigenvalue weighted by Crippen LogP contribution is 2.27. The second-order valence-corrected chi connectivity index (χ2v) is 8.77. The van der Waals surface area contributed by atoms with Crippen LogP contribution in [0.4, 0.5) is 4.39 Å². The van der Waals surface area contributed by atoms with Crippen molar-refractivity contribution in [3.63, 3.8) is 0 Å². The lowest BCUT2D eigenvalue weighted by atomic mass is 10.1. The molecule has 0 fully saturated rings. The smallest absolute Gasteiger partial charge is 0.272 e. The van der Waals surface area contributed by atoms with Crippen molar-refractivity contribution in [2.75, 3.05) is 6.54 Å². The topological polar surface area (TPSA) is 107 Å². The van der Waals surface area contributed by atoms with Crippen LogP contribution < -0.4 is 10.5 Å². The number of rotatable bonds is 6. The molecule has 1 aliphatic carbocycles. The van der Waals surface area contributed by atoms with E-state index < -0.39 is 10.0 Å². The number of nitrogens with two attached hydrogens (primary N) is 1. The summed E-state index contributed by atoms with van der Waals surface area (Å²) >= 11 is 0. The minimum absolute atomic E-state index is 0.0529. The maximum absolute atomic E-state index is 13.2. The molecule has 156 valence electrons. The van der Waals surface area contributed by atoms with E-state index in [0.29, 0.717) is 18.7 Å². The molecule has 9 heteroatoms. The third kappa shape index (κ3) is 4.12. The monoisotopic (exact) mass is 428 g/mol. The Kier molecular flexibility index (Phi) is 5.40. The molecule has 1 heterocycles. The number of fused-ring (bicyclic) bond motifs is 1. The van der Waals surface area contributed by atoms with Gasteiger partial charge in [0.15, 0.2) is 5.69 Å². The van der Waals surface area contributed by atoms with Crippen molar-refractivity contribution < 1.29 is 17.6 Å². The number of sulfonamides is 1. The van der Waals surface area contributed by atoms with Crippen LogP contribution in [0.5, 0.6) is 0 Å². The normalized spacial score (nSPS) is 13.3.